The molecule has 2 rings (SSSR count). The number of benzene rings is 2. The second-order valence-electron chi connectivity index (χ2n) is 4.06. The van der Waals surface area contributed by atoms with Gasteiger partial charge in [-0.3, -0.25) is 0 Å². The van der Waals surface area contributed by atoms with Crippen molar-refractivity contribution in [1.29, 1.82) is 0 Å². The molecule has 20 heavy (non-hydrogen) atoms. The van der Waals surface area contributed by atoms with Crippen molar-refractivity contribution in [2.75, 3.05) is 7.11 Å². The molecule has 1 N–H and O–H groups in total. The van der Waals surface area contributed by atoms with E-state index >= 15 is 0 Å². The summed E-state index contributed by atoms with van der Waals surface area (Å²) >= 11 is 0. The number of hydrogen-bond acceptors (Lipinski definition) is 3. The normalized spacial score (nSPS) is 10.1. The molecule has 2 aromatic carbocycles. The molecule has 0 aliphatic heterocycles. The number of para-hydroxylation sites is 2. The van der Waals surface area contributed by atoms with Crippen LogP contribution < -0.4 is 9.47 Å². The molecule has 0 aromatic heterocycles. The zero-order chi connectivity index (χ0) is 14.5. The first-order valence-corrected chi connectivity index (χ1v) is 5.89. The number of carbonyl (C=O) groups is 1. The number of aromatic carboxylic acids is 1. The maximum absolute atomic E-state index is 13.3. The summed E-state index contributed by atoms with van der Waals surface area (Å²) in [6, 6.07) is 11.0. The summed E-state index contributed by atoms with van der Waals surface area (Å²) in [5.41, 5.74) is 0.195. The molecular weight excluding hydrogens is 263 g/mol. The van der Waals surface area contributed by atoms with Crippen LogP contribution in [0.4, 0.5) is 4.39 Å². The Bertz CT molecular complexity index is 625. The molecule has 104 valence electrons. The minimum atomic E-state index is -1.30. The summed E-state index contributed by atoms with van der Waals surface area (Å²) in [6.45, 7) is 0.126. The fraction of sp³-hybridized carbons (Fsp3) is 0.133. The van der Waals surface area contributed by atoms with Crippen LogP contribution >= 0.6 is 0 Å². The first kappa shape index (κ1) is 13.9. The van der Waals surface area contributed by atoms with E-state index in [2.05, 4.69) is 0 Å². The largest absolute Gasteiger partial charge is 0.493 e. The first-order chi connectivity index (χ1) is 9.61. The fourth-order valence-electron chi connectivity index (χ4n) is 1.73. The van der Waals surface area contributed by atoms with Crippen LogP contribution in [-0.2, 0) is 6.61 Å². The van der Waals surface area contributed by atoms with Crippen molar-refractivity contribution in [2.24, 2.45) is 0 Å². The maximum Gasteiger partial charge on any atom is 0.338 e. The molecule has 0 fully saturated rings. The third-order valence-electron chi connectivity index (χ3n) is 2.72. The van der Waals surface area contributed by atoms with Gasteiger partial charge in [0.15, 0.2) is 11.5 Å². The van der Waals surface area contributed by atoms with E-state index in [0.717, 1.165) is 6.07 Å². The molecule has 0 heterocycles. The Balaban J connectivity index is 2.15. The van der Waals surface area contributed by atoms with Gasteiger partial charge in [-0.15, -0.1) is 0 Å². The molecule has 0 aliphatic rings. The van der Waals surface area contributed by atoms with Gasteiger partial charge < -0.3 is 14.6 Å². The van der Waals surface area contributed by atoms with Gasteiger partial charge in [0.05, 0.1) is 12.7 Å². The van der Waals surface area contributed by atoms with Gasteiger partial charge in [0.1, 0.15) is 12.4 Å². The average Bonchev–Trinajstić information content (AvgIpc) is 2.46. The van der Waals surface area contributed by atoms with Crippen LogP contribution in [0.2, 0.25) is 0 Å². The Morgan fingerprint density at radius 3 is 2.55 bits per heavy atom. The zero-order valence-electron chi connectivity index (χ0n) is 10.8. The Labute approximate surface area is 115 Å². The van der Waals surface area contributed by atoms with Gasteiger partial charge in [-0.1, -0.05) is 18.2 Å². The second kappa shape index (κ2) is 6.06. The molecule has 0 saturated carbocycles. The summed E-state index contributed by atoms with van der Waals surface area (Å²) in [7, 11) is 1.53. The SMILES string of the molecule is COc1ccccc1OCc1ccc(F)c(C(=O)O)c1. The molecule has 4 nitrogen and oxygen atoms in total. The molecule has 0 spiro atoms. The van der Waals surface area contributed by atoms with Gasteiger partial charge in [-0.2, -0.15) is 0 Å². The molecule has 2 aromatic rings. The summed E-state index contributed by atoms with van der Waals surface area (Å²) in [4.78, 5) is 10.8. The highest BCUT2D eigenvalue weighted by Gasteiger charge is 2.11. The molecule has 0 radical (unpaired) electrons. The standard InChI is InChI=1S/C15H13FO4/c1-19-13-4-2-3-5-14(13)20-9-10-6-7-12(16)11(8-10)15(17)18/h2-8H,9H2,1H3,(H,17,18). The average molecular weight is 276 g/mol. The Kier molecular flexibility index (Phi) is 4.20. The number of carboxylic acid groups (broad SMARTS) is 1. The third-order valence-corrected chi connectivity index (χ3v) is 2.72. The summed E-state index contributed by atoms with van der Waals surface area (Å²) in [6.07, 6.45) is 0. The lowest BCUT2D eigenvalue weighted by molar-refractivity contribution is 0.0691. The predicted molar refractivity (Wildman–Crippen MR) is 70.7 cm³/mol. The van der Waals surface area contributed by atoms with E-state index in [0.29, 0.717) is 17.1 Å². The predicted octanol–water partition coefficient (Wildman–Crippen LogP) is 3.11. The van der Waals surface area contributed by atoms with Crippen LogP contribution in [0.3, 0.4) is 0 Å². The lowest BCUT2D eigenvalue weighted by Crippen LogP contribution is -2.04. The van der Waals surface area contributed by atoms with E-state index in [9.17, 15) is 9.18 Å². The van der Waals surface area contributed by atoms with Gasteiger partial charge in [0.25, 0.3) is 0 Å². The third kappa shape index (κ3) is 3.06. The van der Waals surface area contributed by atoms with E-state index in [-0.39, 0.29) is 12.2 Å². The van der Waals surface area contributed by atoms with E-state index < -0.39 is 11.8 Å². The lowest BCUT2D eigenvalue weighted by atomic mass is 10.1. The van der Waals surface area contributed by atoms with Gasteiger partial charge in [0.2, 0.25) is 0 Å². The van der Waals surface area contributed by atoms with Crippen molar-refractivity contribution in [2.45, 2.75) is 6.61 Å². The summed E-state index contributed by atoms with van der Waals surface area (Å²) in [5.74, 6) is -0.954. The van der Waals surface area contributed by atoms with E-state index in [1.165, 1.54) is 19.2 Å². The van der Waals surface area contributed by atoms with Crippen LogP contribution in [0.1, 0.15) is 15.9 Å². The van der Waals surface area contributed by atoms with Crippen LogP contribution in [0, 0.1) is 5.82 Å². The quantitative estimate of drug-likeness (QED) is 0.911. The number of ether oxygens (including phenoxy) is 2. The van der Waals surface area contributed by atoms with Gasteiger partial charge in [-0.25, -0.2) is 9.18 Å². The minimum Gasteiger partial charge on any atom is -0.493 e. The highest BCUT2D eigenvalue weighted by atomic mass is 19.1. The van der Waals surface area contributed by atoms with Gasteiger partial charge in [0, 0.05) is 0 Å². The molecule has 0 amide bonds. The number of methoxy groups -OCH3 is 1. The minimum absolute atomic E-state index is 0.126. The highest BCUT2D eigenvalue weighted by molar-refractivity contribution is 5.88. The molecular formula is C15H13FO4. The molecule has 0 atom stereocenters. The van der Waals surface area contributed by atoms with Crippen LogP contribution in [0.15, 0.2) is 42.5 Å². The highest BCUT2D eigenvalue weighted by Crippen LogP contribution is 2.26. The number of hydrogen-bond donors (Lipinski definition) is 1. The molecule has 0 aliphatic carbocycles. The molecule has 0 saturated heterocycles. The maximum atomic E-state index is 13.3. The summed E-state index contributed by atoms with van der Waals surface area (Å²) in [5, 5.41) is 8.86. The Morgan fingerprint density at radius 2 is 1.90 bits per heavy atom. The monoisotopic (exact) mass is 276 g/mol. The topological polar surface area (TPSA) is 55.8 Å². The van der Waals surface area contributed by atoms with Crippen LogP contribution in [0.25, 0.3) is 0 Å². The van der Waals surface area contributed by atoms with Gasteiger partial charge >= 0.3 is 5.97 Å². The van der Waals surface area contributed by atoms with E-state index in [1.807, 2.05) is 6.07 Å². The number of halogens is 1. The van der Waals surface area contributed by atoms with Crippen molar-refractivity contribution in [3.63, 3.8) is 0 Å². The Hall–Kier alpha value is -2.56. The fourth-order valence-corrected chi connectivity index (χ4v) is 1.73. The molecule has 0 bridgehead atoms. The number of carboxylic acids is 1. The lowest BCUT2D eigenvalue weighted by Gasteiger charge is -2.10. The van der Waals surface area contributed by atoms with Crippen molar-refractivity contribution >= 4 is 5.97 Å². The second-order valence-corrected chi connectivity index (χ2v) is 4.06. The Morgan fingerprint density at radius 1 is 1.20 bits per heavy atom. The summed E-state index contributed by atoms with van der Waals surface area (Å²) < 4.78 is 23.9. The number of rotatable bonds is 5. The van der Waals surface area contributed by atoms with Crippen molar-refractivity contribution in [1.82, 2.24) is 0 Å². The van der Waals surface area contributed by atoms with Crippen LogP contribution in [0.5, 0.6) is 11.5 Å². The van der Waals surface area contributed by atoms with Crippen molar-refractivity contribution in [3.8, 4) is 11.5 Å². The first-order valence-electron chi connectivity index (χ1n) is 5.89. The van der Waals surface area contributed by atoms with E-state index in [4.69, 9.17) is 14.6 Å². The van der Waals surface area contributed by atoms with Crippen molar-refractivity contribution in [3.05, 3.63) is 59.4 Å². The molecule has 0 unspecified atom stereocenters. The van der Waals surface area contributed by atoms with E-state index in [1.54, 1.807) is 18.2 Å². The van der Waals surface area contributed by atoms with Gasteiger partial charge in [-0.05, 0) is 29.8 Å². The zero-order valence-corrected chi connectivity index (χ0v) is 10.8. The molecule has 5 heteroatoms. The smallest absolute Gasteiger partial charge is 0.338 e. The van der Waals surface area contributed by atoms with Crippen LogP contribution in [-0.4, -0.2) is 18.2 Å². The van der Waals surface area contributed by atoms with Crippen molar-refractivity contribution < 1.29 is 23.8 Å².